The lowest BCUT2D eigenvalue weighted by molar-refractivity contribution is 0.285. The minimum absolute atomic E-state index is 0.223. The average Bonchev–Trinajstić information content (AvgIpc) is 2.48. The Morgan fingerprint density at radius 2 is 1.81 bits per heavy atom. The largest absolute Gasteiger partial charge is 0.463 e. The zero-order valence-electron chi connectivity index (χ0n) is 12.6. The van der Waals surface area contributed by atoms with E-state index in [0.29, 0.717) is 24.8 Å². The third kappa shape index (κ3) is 4.30. The van der Waals surface area contributed by atoms with Gasteiger partial charge in [0.25, 0.3) is 0 Å². The second-order valence-electron chi connectivity index (χ2n) is 4.47. The lowest BCUT2D eigenvalue weighted by Gasteiger charge is -2.10. The molecule has 0 saturated carbocycles. The Morgan fingerprint density at radius 1 is 1.05 bits per heavy atom. The van der Waals surface area contributed by atoms with Gasteiger partial charge in [-0.2, -0.15) is 9.97 Å². The number of anilines is 1. The summed E-state index contributed by atoms with van der Waals surface area (Å²) >= 11 is 0. The van der Waals surface area contributed by atoms with Crippen molar-refractivity contribution in [2.45, 2.75) is 27.2 Å². The fraction of sp³-hybridized carbons (Fsp3) is 0.400. The van der Waals surface area contributed by atoms with Gasteiger partial charge in [0.05, 0.1) is 6.61 Å². The van der Waals surface area contributed by atoms with E-state index in [4.69, 9.17) is 9.47 Å². The molecular formula is C15H20N4O2. The Morgan fingerprint density at radius 3 is 2.52 bits per heavy atom. The zero-order chi connectivity index (χ0) is 15.1. The maximum Gasteiger partial charge on any atom is 0.330 e. The highest BCUT2D eigenvalue weighted by Gasteiger charge is 2.10. The molecule has 21 heavy (non-hydrogen) atoms. The van der Waals surface area contributed by atoms with E-state index in [1.165, 1.54) is 0 Å². The van der Waals surface area contributed by atoms with Gasteiger partial charge in [0.2, 0.25) is 5.95 Å². The molecule has 0 fully saturated rings. The Balaban J connectivity index is 2.24. The number of hydrogen-bond acceptors (Lipinski definition) is 6. The van der Waals surface area contributed by atoms with Crippen LogP contribution in [0, 0.1) is 6.92 Å². The van der Waals surface area contributed by atoms with Gasteiger partial charge in [-0.1, -0.05) is 25.1 Å². The van der Waals surface area contributed by atoms with Crippen LogP contribution in [0.4, 0.5) is 5.95 Å². The molecule has 1 aromatic carbocycles. The number of rotatable bonds is 7. The van der Waals surface area contributed by atoms with Crippen molar-refractivity contribution < 1.29 is 9.47 Å². The lowest BCUT2D eigenvalue weighted by atomic mass is 10.2. The molecule has 6 nitrogen and oxygen atoms in total. The fourth-order valence-electron chi connectivity index (χ4n) is 1.65. The molecule has 1 aromatic heterocycles. The van der Waals surface area contributed by atoms with Crippen LogP contribution in [0.5, 0.6) is 17.8 Å². The van der Waals surface area contributed by atoms with E-state index >= 15 is 0 Å². The van der Waals surface area contributed by atoms with E-state index in [9.17, 15) is 0 Å². The van der Waals surface area contributed by atoms with Gasteiger partial charge in [-0.25, -0.2) is 0 Å². The van der Waals surface area contributed by atoms with Gasteiger partial charge in [-0.15, -0.1) is 4.98 Å². The van der Waals surface area contributed by atoms with E-state index in [0.717, 1.165) is 12.0 Å². The van der Waals surface area contributed by atoms with Crippen LogP contribution < -0.4 is 14.8 Å². The molecule has 112 valence electrons. The summed E-state index contributed by atoms with van der Waals surface area (Å²) in [4.78, 5) is 12.6. The SMILES string of the molecule is CCCOc1nc(NCC)nc(Oc2ccccc2C)n1. The van der Waals surface area contributed by atoms with Gasteiger partial charge >= 0.3 is 12.0 Å². The van der Waals surface area contributed by atoms with Crippen molar-refractivity contribution in [2.75, 3.05) is 18.5 Å². The highest BCUT2D eigenvalue weighted by atomic mass is 16.5. The number of ether oxygens (including phenoxy) is 2. The van der Waals surface area contributed by atoms with Crippen LogP contribution in [-0.4, -0.2) is 28.1 Å². The molecule has 0 saturated heterocycles. The topological polar surface area (TPSA) is 69.2 Å². The van der Waals surface area contributed by atoms with Gasteiger partial charge in [-0.05, 0) is 31.9 Å². The number of para-hydroxylation sites is 1. The summed E-state index contributed by atoms with van der Waals surface area (Å²) in [7, 11) is 0. The predicted molar refractivity (Wildman–Crippen MR) is 81.0 cm³/mol. The minimum Gasteiger partial charge on any atom is -0.463 e. The molecule has 0 aliphatic heterocycles. The van der Waals surface area contributed by atoms with Crippen LogP contribution in [0.2, 0.25) is 0 Å². The third-order valence-corrected chi connectivity index (χ3v) is 2.66. The van der Waals surface area contributed by atoms with Crippen LogP contribution in [0.3, 0.4) is 0 Å². The van der Waals surface area contributed by atoms with Crippen LogP contribution in [0.25, 0.3) is 0 Å². The number of hydrogen-bond donors (Lipinski definition) is 1. The van der Waals surface area contributed by atoms with E-state index in [1.807, 2.05) is 45.0 Å². The molecule has 0 bridgehead atoms. The van der Waals surface area contributed by atoms with Gasteiger partial charge in [0.15, 0.2) is 0 Å². The monoisotopic (exact) mass is 288 g/mol. The fourth-order valence-corrected chi connectivity index (χ4v) is 1.65. The Labute approximate surface area is 124 Å². The molecule has 0 spiro atoms. The van der Waals surface area contributed by atoms with E-state index in [-0.39, 0.29) is 12.0 Å². The molecule has 0 aliphatic rings. The minimum atomic E-state index is 0.223. The molecule has 1 heterocycles. The molecule has 6 heteroatoms. The highest BCUT2D eigenvalue weighted by molar-refractivity contribution is 5.35. The third-order valence-electron chi connectivity index (χ3n) is 2.66. The summed E-state index contributed by atoms with van der Waals surface area (Å²) in [5, 5.41) is 3.04. The molecule has 0 radical (unpaired) electrons. The number of nitrogens with one attached hydrogen (secondary N) is 1. The van der Waals surface area contributed by atoms with Crippen molar-refractivity contribution in [3.8, 4) is 17.8 Å². The summed E-state index contributed by atoms with van der Waals surface area (Å²) in [5.74, 6) is 1.16. The molecule has 0 aliphatic carbocycles. The first-order chi connectivity index (χ1) is 10.2. The number of aromatic nitrogens is 3. The first-order valence-corrected chi connectivity index (χ1v) is 7.09. The normalized spacial score (nSPS) is 10.2. The Bertz CT molecular complexity index is 590. The smallest absolute Gasteiger partial charge is 0.330 e. The van der Waals surface area contributed by atoms with Crippen molar-refractivity contribution in [3.05, 3.63) is 29.8 Å². The Kier molecular flexibility index (Phi) is 5.31. The molecule has 0 amide bonds. The summed E-state index contributed by atoms with van der Waals surface area (Å²) in [6.45, 7) is 7.23. The van der Waals surface area contributed by atoms with Gasteiger partial charge in [0, 0.05) is 6.54 Å². The molecule has 2 rings (SSSR count). The highest BCUT2D eigenvalue weighted by Crippen LogP contribution is 2.23. The van der Waals surface area contributed by atoms with Crippen LogP contribution >= 0.6 is 0 Å². The van der Waals surface area contributed by atoms with Gasteiger partial charge in [0.1, 0.15) is 5.75 Å². The molecule has 1 N–H and O–H groups in total. The van der Waals surface area contributed by atoms with Crippen molar-refractivity contribution in [3.63, 3.8) is 0 Å². The lowest BCUT2D eigenvalue weighted by Crippen LogP contribution is -2.08. The second kappa shape index (κ2) is 7.42. The van der Waals surface area contributed by atoms with Crippen molar-refractivity contribution in [1.82, 2.24) is 15.0 Å². The Hall–Kier alpha value is -2.37. The standard InChI is InChI=1S/C15H20N4O2/c1-4-10-20-14-17-13(16-5-2)18-15(19-14)21-12-9-7-6-8-11(12)3/h6-9H,4-5,10H2,1-3H3,(H,16,17,18,19). The van der Waals surface area contributed by atoms with E-state index < -0.39 is 0 Å². The van der Waals surface area contributed by atoms with Crippen LogP contribution in [0.1, 0.15) is 25.8 Å². The summed E-state index contributed by atoms with van der Waals surface area (Å²) in [5.41, 5.74) is 1.01. The first-order valence-electron chi connectivity index (χ1n) is 7.09. The summed E-state index contributed by atoms with van der Waals surface area (Å²) in [6, 6.07) is 8.20. The number of benzene rings is 1. The molecule has 0 atom stereocenters. The number of nitrogens with zero attached hydrogens (tertiary/aromatic N) is 3. The molecular weight excluding hydrogens is 268 g/mol. The predicted octanol–water partition coefficient (Wildman–Crippen LogP) is 3.19. The van der Waals surface area contributed by atoms with Gasteiger partial charge < -0.3 is 14.8 Å². The summed E-state index contributed by atoms with van der Waals surface area (Å²) < 4.78 is 11.2. The summed E-state index contributed by atoms with van der Waals surface area (Å²) in [6.07, 6.45) is 0.885. The van der Waals surface area contributed by atoms with Crippen molar-refractivity contribution in [2.24, 2.45) is 0 Å². The number of aryl methyl sites for hydroxylation is 1. The van der Waals surface area contributed by atoms with E-state index in [2.05, 4.69) is 20.3 Å². The van der Waals surface area contributed by atoms with Crippen LogP contribution in [0.15, 0.2) is 24.3 Å². The van der Waals surface area contributed by atoms with Crippen molar-refractivity contribution >= 4 is 5.95 Å². The second-order valence-corrected chi connectivity index (χ2v) is 4.47. The quantitative estimate of drug-likeness (QED) is 0.843. The van der Waals surface area contributed by atoms with Crippen LogP contribution in [-0.2, 0) is 0 Å². The zero-order valence-corrected chi connectivity index (χ0v) is 12.6. The van der Waals surface area contributed by atoms with Crippen molar-refractivity contribution in [1.29, 1.82) is 0 Å². The average molecular weight is 288 g/mol. The van der Waals surface area contributed by atoms with Gasteiger partial charge in [-0.3, -0.25) is 0 Å². The maximum absolute atomic E-state index is 5.73. The molecule has 0 unspecified atom stereocenters. The van der Waals surface area contributed by atoms with E-state index in [1.54, 1.807) is 0 Å². The molecule has 2 aromatic rings. The first kappa shape index (κ1) is 15.0. The maximum atomic E-state index is 5.73.